The van der Waals surface area contributed by atoms with Crippen molar-refractivity contribution in [1.82, 2.24) is 5.32 Å². The molecule has 1 aliphatic heterocycles. The normalized spacial score (nSPS) is 39.0. The summed E-state index contributed by atoms with van der Waals surface area (Å²) in [4.78, 5) is 0. The lowest BCUT2D eigenvalue weighted by Crippen LogP contribution is -2.48. The largest absolute Gasteiger partial charge is 0.395 e. The van der Waals surface area contributed by atoms with Crippen LogP contribution in [0.25, 0.3) is 0 Å². The molecular formula is C7H14NO3. The summed E-state index contributed by atoms with van der Waals surface area (Å²) < 4.78 is 0. The Labute approximate surface area is 65.9 Å². The number of nitrogens with zero attached hydrogens (tertiary/aromatic N) is 1. The molecule has 1 rings (SSSR count). The first-order valence-electron chi connectivity index (χ1n) is 3.87. The van der Waals surface area contributed by atoms with Gasteiger partial charge in [-0.25, -0.2) is 5.32 Å². The van der Waals surface area contributed by atoms with E-state index < -0.39 is 6.10 Å². The molecule has 4 heteroatoms. The van der Waals surface area contributed by atoms with E-state index in [0.29, 0.717) is 12.8 Å². The fourth-order valence-corrected chi connectivity index (χ4v) is 1.31. The van der Waals surface area contributed by atoms with Crippen LogP contribution in [-0.2, 0) is 0 Å². The highest BCUT2D eigenvalue weighted by molar-refractivity contribution is 4.85. The Morgan fingerprint density at radius 1 is 1.18 bits per heavy atom. The summed E-state index contributed by atoms with van der Waals surface area (Å²) in [6, 6.07) is -0.476. The lowest BCUT2D eigenvalue weighted by Gasteiger charge is -2.30. The van der Waals surface area contributed by atoms with Crippen LogP contribution in [0.1, 0.15) is 12.8 Å². The SMILES string of the molecule is OCC1CCC(O)C(CO)[N]1. The summed E-state index contributed by atoms with van der Waals surface area (Å²) in [7, 11) is 0. The van der Waals surface area contributed by atoms with Crippen LogP contribution in [-0.4, -0.2) is 46.7 Å². The first-order chi connectivity index (χ1) is 5.27. The number of piperidine rings is 1. The molecule has 1 fully saturated rings. The van der Waals surface area contributed by atoms with E-state index in [1.165, 1.54) is 0 Å². The molecule has 1 aliphatic rings. The summed E-state index contributed by atoms with van der Waals surface area (Å²) >= 11 is 0. The molecule has 0 aromatic rings. The molecule has 1 heterocycles. The van der Waals surface area contributed by atoms with Gasteiger partial charge in [-0.1, -0.05) is 0 Å². The van der Waals surface area contributed by atoms with Gasteiger partial charge in [-0.3, -0.25) is 0 Å². The molecule has 0 aromatic heterocycles. The number of aliphatic hydroxyl groups excluding tert-OH is 3. The van der Waals surface area contributed by atoms with Gasteiger partial charge < -0.3 is 15.3 Å². The van der Waals surface area contributed by atoms with Crippen molar-refractivity contribution in [2.45, 2.75) is 31.0 Å². The highest BCUT2D eigenvalue weighted by Gasteiger charge is 2.28. The minimum absolute atomic E-state index is 0.0171. The van der Waals surface area contributed by atoms with E-state index in [1.807, 2.05) is 0 Å². The molecule has 0 aliphatic carbocycles. The molecule has 3 N–H and O–H groups in total. The number of hydrogen-bond acceptors (Lipinski definition) is 3. The van der Waals surface area contributed by atoms with Crippen molar-refractivity contribution in [1.29, 1.82) is 0 Å². The molecule has 0 saturated carbocycles. The smallest absolute Gasteiger partial charge is 0.0740 e. The molecule has 4 nitrogen and oxygen atoms in total. The van der Waals surface area contributed by atoms with Crippen LogP contribution in [0.5, 0.6) is 0 Å². The summed E-state index contributed by atoms with van der Waals surface area (Å²) in [5, 5.41) is 30.8. The van der Waals surface area contributed by atoms with Crippen molar-refractivity contribution in [2.75, 3.05) is 13.2 Å². The lowest BCUT2D eigenvalue weighted by atomic mass is 9.97. The fraction of sp³-hybridized carbons (Fsp3) is 1.00. The summed E-state index contributed by atoms with van der Waals surface area (Å²) in [5.41, 5.74) is 0. The minimum Gasteiger partial charge on any atom is -0.395 e. The summed E-state index contributed by atoms with van der Waals surface area (Å²) in [5.74, 6) is 0. The van der Waals surface area contributed by atoms with Gasteiger partial charge in [0.1, 0.15) is 0 Å². The summed E-state index contributed by atoms with van der Waals surface area (Å²) in [6.07, 6.45) is 0.816. The molecule has 0 amide bonds. The van der Waals surface area contributed by atoms with Crippen molar-refractivity contribution in [3.63, 3.8) is 0 Å². The molecule has 3 unspecified atom stereocenters. The highest BCUT2D eigenvalue weighted by atomic mass is 16.3. The van der Waals surface area contributed by atoms with Gasteiger partial charge in [-0.05, 0) is 12.8 Å². The fourth-order valence-electron chi connectivity index (χ4n) is 1.31. The van der Waals surface area contributed by atoms with Gasteiger partial charge in [-0.15, -0.1) is 0 Å². The van der Waals surface area contributed by atoms with Crippen LogP contribution in [0, 0.1) is 0 Å². The maximum absolute atomic E-state index is 9.25. The quantitative estimate of drug-likeness (QED) is 0.458. The maximum Gasteiger partial charge on any atom is 0.0740 e. The van der Waals surface area contributed by atoms with E-state index in [1.54, 1.807) is 0 Å². The van der Waals surface area contributed by atoms with Gasteiger partial charge in [0.15, 0.2) is 0 Å². The third-order valence-electron chi connectivity index (χ3n) is 2.04. The topological polar surface area (TPSA) is 74.8 Å². The van der Waals surface area contributed by atoms with Gasteiger partial charge in [0.2, 0.25) is 0 Å². The Kier molecular flexibility index (Phi) is 3.26. The Bertz CT molecular complexity index is 120. The zero-order valence-electron chi connectivity index (χ0n) is 6.35. The van der Waals surface area contributed by atoms with Crippen LogP contribution in [0.4, 0.5) is 0 Å². The van der Waals surface area contributed by atoms with E-state index in [-0.39, 0.29) is 25.3 Å². The van der Waals surface area contributed by atoms with Gasteiger partial charge >= 0.3 is 0 Å². The average Bonchev–Trinajstić information content (AvgIpc) is 2.05. The maximum atomic E-state index is 9.25. The predicted octanol–water partition coefficient (Wildman–Crippen LogP) is -1.53. The Balaban J connectivity index is 2.37. The Hall–Kier alpha value is -0.160. The molecule has 1 radical (unpaired) electrons. The number of rotatable bonds is 2. The van der Waals surface area contributed by atoms with Crippen LogP contribution >= 0.6 is 0 Å². The van der Waals surface area contributed by atoms with Crippen molar-refractivity contribution in [3.8, 4) is 0 Å². The van der Waals surface area contributed by atoms with Crippen LogP contribution in [0.2, 0.25) is 0 Å². The van der Waals surface area contributed by atoms with Crippen LogP contribution in [0.15, 0.2) is 0 Å². The second-order valence-corrected chi connectivity index (χ2v) is 2.88. The van der Waals surface area contributed by atoms with Gasteiger partial charge in [0.25, 0.3) is 0 Å². The molecular weight excluding hydrogens is 146 g/mol. The first-order valence-corrected chi connectivity index (χ1v) is 3.87. The average molecular weight is 160 g/mol. The third kappa shape index (κ3) is 2.13. The number of aliphatic hydroxyl groups is 3. The van der Waals surface area contributed by atoms with Gasteiger partial charge in [0.05, 0.1) is 25.4 Å². The Morgan fingerprint density at radius 2 is 1.91 bits per heavy atom. The molecule has 3 atom stereocenters. The van der Waals surface area contributed by atoms with E-state index in [0.717, 1.165) is 0 Å². The van der Waals surface area contributed by atoms with Crippen molar-refractivity contribution in [3.05, 3.63) is 0 Å². The zero-order valence-corrected chi connectivity index (χ0v) is 6.35. The van der Waals surface area contributed by atoms with Gasteiger partial charge in [0, 0.05) is 6.04 Å². The monoisotopic (exact) mass is 160 g/mol. The van der Waals surface area contributed by atoms with Gasteiger partial charge in [-0.2, -0.15) is 0 Å². The second-order valence-electron chi connectivity index (χ2n) is 2.88. The lowest BCUT2D eigenvalue weighted by molar-refractivity contribution is 0.0366. The Morgan fingerprint density at radius 3 is 2.45 bits per heavy atom. The van der Waals surface area contributed by atoms with E-state index in [2.05, 4.69) is 5.32 Å². The third-order valence-corrected chi connectivity index (χ3v) is 2.04. The standard InChI is InChI=1S/C7H14NO3/c9-3-5-1-2-7(11)6(4-10)8-5/h5-7,9-11H,1-4H2. The molecule has 1 saturated heterocycles. The molecule has 0 spiro atoms. The molecule has 0 bridgehead atoms. The second kappa shape index (κ2) is 4.01. The predicted molar refractivity (Wildman–Crippen MR) is 39.1 cm³/mol. The van der Waals surface area contributed by atoms with Crippen molar-refractivity contribution >= 4 is 0 Å². The summed E-state index contributed by atoms with van der Waals surface area (Å²) in [6.45, 7) is -0.110. The molecule has 11 heavy (non-hydrogen) atoms. The van der Waals surface area contributed by atoms with Crippen molar-refractivity contribution < 1.29 is 15.3 Å². The van der Waals surface area contributed by atoms with Crippen LogP contribution in [0.3, 0.4) is 0 Å². The zero-order chi connectivity index (χ0) is 8.27. The number of hydrogen-bond donors (Lipinski definition) is 3. The minimum atomic E-state index is -0.525. The highest BCUT2D eigenvalue weighted by Crippen LogP contribution is 2.14. The van der Waals surface area contributed by atoms with Crippen molar-refractivity contribution in [2.24, 2.45) is 0 Å². The first kappa shape index (κ1) is 8.93. The van der Waals surface area contributed by atoms with E-state index in [9.17, 15) is 5.11 Å². The van der Waals surface area contributed by atoms with E-state index >= 15 is 0 Å². The molecule has 0 aromatic carbocycles. The van der Waals surface area contributed by atoms with E-state index in [4.69, 9.17) is 10.2 Å². The molecule has 65 valence electrons. The van der Waals surface area contributed by atoms with Crippen LogP contribution < -0.4 is 5.32 Å².